The van der Waals surface area contributed by atoms with Crippen molar-refractivity contribution in [3.63, 3.8) is 0 Å². The Hall–Kier alpha value is -4.22. The van der Waals surface area contributed by atoms with Crippen LogP contribution in [0, 0.1) is 0 Å². The highest BCUT2D eigenvalue weighted by molar-refractivity contribution is 7.14. The maximum absolute atomic E-state index is 12.7. The Kier molecular flexibility index (Phi) is 17.0. The molecule has 4 aromatic rings. The number of esters is 2. The van der Waals surface area contributed by atoms with Gasteiger partial charge >= 0.3 is 11.9 Å². The molecule has 2 aromatic heterocycles. The molecule has 2 aromatic carbocycles. The van der Waals surface area contributed by atoms with Crippen molar-refractivity contribution in [2.45, 2.75) is 102 Å². The molecule has 2 unspecified atom stereocenters. The SMILES string of the molecule is CC(N)(CCc1ccc(C(=O)CCCCc2ccccc2)s1)COC(=O)/C=C\C(=O)OCC(C)(N)CCc1ccc(C(=O)CCCCc2ccccc2)s1. The summed E-state index contributed by atoms with van der Waals surface area (Å²) < 4.78 is 10.6. The number of aryl methyl sites for hydroxylation is 4. The largest absolute Gasteiger partial charge is 0.461 e. The topological polar surface area (TPSA) is 139 Å². The summed E-state index contributed by atoms with van der Waals surface area (Å²) in [6.45, 7) is 3.54. The number of unbranched alkanes of at least 4 members (excludes halogenated alkanes) is 2. The summed E-state index contributed by atoms with van der Waals surface area (Å²) in [4.78, 5) is 53.6. The van der Waals surface area contributed by atoms with Crippen molar-refractivity contribution in [1.29, 1.82) is 0 Å². The number of thiophene rings is 2. The molecule has 0 saturated heterocycles. The van der Waals surface area contributed by atoms with Crippen LogP contribution in [0.4, 0.5) is 0 Å². The zero-order chi connectivity index (χ0) is 38.8. The summed E-state index contributed by atoms with van der Waals surface area (Å²) in [5.74, 6) is -1.08. The van der Waals surface area contributed by atoms with Crippen LogP contribution in [0.2, 0.25) is 0 Å². The number of nitrogens with two attached hydrogens (primary N) is 2. The van der Waals surface area contributed by atoms with Gasteiger partial charge in [-0.15, -0.1) is 22.7 Å². The van der Waals surface area contributed by atoms with E-state index in [-0.39, 0.29) is 24.8 Å². The van der Waals surface area contributed by atoms with Crippen LogP contribution in [-0.4, -0.2) is 47.8 Å². The molecular weight excluding hydrogens is 717 g/mol. The van der Waals surface area contributed by atoms with Crippen LogP contribution < -0.4 is 11.5 Å². The fourth-order valence-electron chi connectivity index (χ4n) is 5.76. The fraction of sp³-hybridized carbons (Fsp3) is 0.409. The third-order valence-corrected chi connectivity index (χ3v) is 11.5. The summed E-state index contributed by atoms with van der Waals surface area (Å²) in [5.41, 5.74) is 13.8. The maximum Gasteiger partial charge on any atom is 0.331 e. The predicted molar refractivity (Wildman–Crippen MR) is 218 cm³/mol. The Balaban J connectivity index is 1.07. The van der Waals surface area contributed by atoms with Gasteiger partial charge < -0.3 is 20.9 Å². The summed E-state index contributed by atoms with van der Waals surface area (Å²) in [6, 6.07) is 28.3. The van der Waals surface area contributed by atoms with E-state index in [9.17, 15) is 19.2 Å². The summed E-state index contributed by atoms with van der Waals surface area (Å²) in [6.07, 6.45) is 11.1. The van der Waals surface area contributed by atoms with Gasteiger partial charge in [0.05, 0.1) is 9.75 Å². The van der Waals surface area contributed by atoms with Crippen LogP contribution in [-0.2, 0) is 44.7 Å². The molecule has 0 aliphatic heterocycles. The number of ether oxygens (including phenoxy) is 2. The lowest BCUT2D eigenvalue weighted by Gasteiger charge is -2.23. The molecule has 4 N–H and O–H groups in total. The number of carbonyl (C=O) groups is 4. The number of benzene rings is 2. The molecular formula is C44H54N2O6S2. The van der Waals surface area contributed by atoms with Gasteiger partial charge in [0.25, 0.3) is 0 Å². The van der Waals surface area contributed by atoms with Gasteiger partial charge in [-0.3, -0.25) is 9.59 Å². The zero-order valence-electron chi connectivity index (χ0n) is 31.6. The Morgan fingerprint density at radius 1 is 0.556 bits per heavy atom. The molecule has 54 heavy (non-hydrogen) atoms. The van der Waals surface area contributed by atoms with Crippen molar-refractivity contribution >= 4 is 46.2 Å². The van der Waals surface area contributed by atoms with Gasteiger partial charge in [-0.2, -0.15) is 0 Å². The maximum atomic E-state index is 12.7. The van der Waals surface area contributed by atoms with E-state index in [0.717, 1.165) is 70.2 Å². The van der Waals surface area contributed by atoms with E-state index in [1.807, 2.05) is 60.7 Å². The zero-order valence-corrected chi connectivity index (χ0v) is 33.2. The summed E-state index contributed by atoms with van der Waals surface area (Å²) >= 11 is 2.98. The predicted octanol–water partition coefficient (Wildman–Crippen LogP) is 8.64. The van der Waals surface area contributed by atoms with Crippen LogP contribution in [0.25, 0.3) is 0 Å². The van der Waals surface area contributed by atoms with Gasteiger partial charge in [0.15, 0.2) is 11.6 Å². The molecule has 0 radical (unpaired) electrons. The molecule has 0 saturated carbocycles. The van der Waals surface area contributed by atoms with E-state index in [0.29, 0.717) is 38.5 Å². The van der Waals surface area contributed by atoms with Crippen LogP contribution in [0.3, 0.4) is 0 Å². The first-order valence-electron chi connectivity index (χ1n) is 18.8. The highest BCUT2D eigenvalue weighted by Gasteiger charge is 2.23. The molecule has 0 bridgehead atoms. The first-order chi connectivity index (χ1) is 25.9. The van der Waals surface area contributed by atoms with Crippen LogP contribution in [0.1, 0.15) is 105 Å². The van der Waals surface area contributed by atoms with Gasteiger partial charge in [0, 0.05) is 45.8 Å². The van der Waals surface area contributed by atoms with E-state index in [2.05, 4.69) is 24.3 Å². The number of hydrogen-bond donors (Lipinski definition) is 2. The van der Waals surface area contributed by atoms with Crippen molar-refractivity contribution in [3.8, 4) is 0 Å². The molecule has 288 valence electrons. The van der Waals surface area contributed by atoms with E-state index in [1.165, 1.54) is 33.8 Å². The normalized spacial score (nSPS) is 13.6. The van der Waals surface area contributed by atoms with Crippen molar-refractivity contribution in [1.82, 2.24) is 0 Å². The third-order valence-electron chi connectivity index (χ3n) is 9.13. The first kappa shape index (κ1) is 42.5. The fourth-order valence-corrected chi connectivity index (χ4v) is 7.70. The van der Waals surface area contributed by atoms with Gasteiger partial charge in [-0.25, -0.2) is 9.59 Å². The van der Waals surface area contributed by atoms with Crippen LogP contribution in [0.15, 0.2) is 97.1 Å². The lowest BCUT2D eigenvalue weighted by molar-refractivity contribution is -0.142. The summed E-state index contributed by atoms with van der Waals surface area (Å²) in [5, 5.41) is 0. The van der Waals surface area contributed by atoms with Gasteiger partial charge in [0.2, 0.25) is 0 Å². The highest BCUT2D eigenvalue weighted by atomic mass is 32.1. The molecule has 4 rings (SSSR count). The van der Waals surface area contributed by atoms with Crippen molar-refractivity contribution in [2.75, 3.05) is 13.2 Å². The van der Waals surface area contributed by atoms with Crippen molar-refractivity contribution in [3.05, 3.63) is 128 Å². The Morgan fingerprint density at radius 2 is 0.944 bits per heavy atom. The van der Waals surface area contributed by atoms with E-state index in [4.69, 9.17) is 20.9 Å². The summed E-state index contributed by atoms with van der Waals surface area (Å²) in [7, 11) is 0. The number of ketones is 2. The minimum atomic E-state index is -0.796. The molecule has 2 atom stereocenters. The lowest BCUT2D eigenvalue weighted by Crippen LogP contribution is -2.42. The molecule has 2 heterocycles. The molecule has 0 fully saturated rings. The Labute approximate surface area is 328 Å². The number of hydrogen-bond acceptors (Lipinski definition) is 10. The van der Waals surface area contributed by atoms with Gasteiger partial charge in [0.1, 0.15) is 13.2 Å². The standard InChI is InChI=1S/C44H54N2O6S2/c1-43(45,29-27-35-21-23-39(53-35)37(47)19-11-9-17-33-13-5-3-6-14-33)31-51-41(49)25-26-42(50)52-32-44(2,46)30-28-36-22-24-40(54-36)38(48)20-12-10-18-34-15-7-4-8-16-34/h3-8,13-16,21-26H,9-12,17-20,27-32,45-46H2,1-2H3/b26-25-. The minimum absolute atomic E-state index is 0.0328. The number of carbonyl (C=O) groups excluding carboxylic acids is 4. The monoisotopic (exact) mass is 770 g/mol. The first-order valence-corrected chi connectivity index (χ1v) is 20.4. The third kappa shape index (κ3) is 16.0. The van der Waals surface area contributed by atoms with Gasteiger partial charge in [-0.05, 0) is 113 Å². The second kappa shape index (κ2) is 21.6. The quantitative estimate of drug-likeness (QED) is 0.0313. The van der Waals surface area contributed by atoms with Crippen LogP contribution >= 0.6 is 22.7 Å². The van der Waals surface area contributed by atoms with E-state index >= 15 is 0 Å². The van der Waals surface area contributed by atoms with Crippen molar-refractivity contribution in [2.24, 2.45) is 11.5 Å². The minimum Gasteiger partial charge on any atom is -0.461 e. The number of rotatable bonds is 24. The average molecular weight is 771 g/mol. The van der Waals surface area contributed by atoms with Gasteiger partial charge in [-0.1, -0.05) is 60.7 Å². The second-order valence-corrected chi connectivity index (χ2v) is 17.0. The Morgan fingerprint density at radius 3 is 1.33 bits per heavy atom. The smallest absolute Gasteiger partial charge is 0.331 e. The van der Waals surface area contributed by atoms with Crippen LogP contribution in [0.5, 0.6) is 0 Å². The average Bonchev–Trinajstić information content (AvgIpc) is 3.86. The van der Waals surface area contributed by atoms with Crippen molar-refractivity contribution < 1.29 is 28.7 Å². The highest BCUT2D eigenvalue weighted by Crippen LogP contribution is 2.24. The molecule has 8 nitrogen and oxygen atoms in total. The second-order valence-electron chi connectivity index (χ2n) is 14.6. The Bertz CT molecular complexity index is 1680. The molecule has 0 amide bonds. The molecule has 0 spiro atoms. The molecule has 10 heteroatoms. The molecule has 0 aliphatic rings. The molecule has 0 aliphatic carbocycles. The van der Waals surface area contributed by atoms with E-state index in [1.54, 1.807) is 13.8 Å². The lowest BCUT2D eigenvalue weighted by atomic mass is 9.98. The van der Waals surface area contributed by atoms with E-state index < -0.39 is 23.0 Å². The number of Topliss-reactive ketones (excluding diaryl/α,β-unsaturated/α-hetero) is 2.